The van der Waals surface area contributed by atoms with Gasteiger partial charge in [0, 0.05) is 31.4 Å². The Kier molecular flexibility index (Phi) is 6.06. The second-order valence-electron chi connectivity index (χ2n) is 5.56. The number of nitrogens with zero attached hydrogens (tertiary/aromatic N) is 1. The number of anilines is 1. The number of methoxy groups -OCH3 is 1. The van der Waals surface area contributed by atoms with Crippen LogP contribution in [0.2, 0.25) is 5.02 Å². The summed E-state index contributed by atoms with van der Waals surface area (Å²) in [5.41, 5.74) is 2.11. The lowest BCUT2D eigenvalue weighted by molar-refractivity contribution is 0.0913. The van der Waals surface area contributed by atoms with E-state index in [-0.39, 0.29) is 12.5 Å². The minimum absolute atomic E-state index is 0.0931. The fraction of sp³-hybridized carbons (Fsp3) is 0.278. The van der Waals surface area contributed by atoms with Crippen LogP contribution < -0.4 is 15.0 Å². The maximum absolute atomic E-state index is 12.3. The number of aliphatic hydroxyl groups excluding tert-OH is 1. The van der Waals surface area contributed by atoms with Gasteiger partial charge in [0.15, 0.2) is 0 Å². The molecule has 0 radical (unpaired) electrons. The molecule has 0 aliphatic carbocycles. The number of amides is 1. The molecular weight excluding hydrogens is 328 g/mol. The Bertz CT molecular complexity index is 702. The van der Waals surface area contributed by atoms with Gasteiger partial charge in [-0.1, -0.05) is 23.7 Å². The van der Waals surface area contributed by atoms with E-state index in [4.69, 9.17) is 16.3 Å². The maximum Gasteiger partial charge on any atom is 0.255 e. The van der Waals surface area contributed by atoms with Crippen LogP contribution in [-0.4, -0.2) is 38.8 Å². The average molecular weight is 349 g/mol. The Hall–Kier alpha value is -2.24. The molecule has 1 atom stereocenters. The topological polar surface area (TPSA) is 61.8 Å². The molecule has 2 aromatic carbocycles. The van der Waals surface area contributed by atoms with Gasteiger partial charge < -0.3 is 20.1 Å². The fourth-order valence-electron chi connectivity index (χ4n) is 2.25. The van der Waals surface area contributed by atoms with Gasteiger partial charge in [-0.15, -0.1) is 0 Å². The summed E-state index contributed by atoms with van der Waals surface area (Å²) < 4.78 is 5.16. The third-order valence-corrected chi connectivity index (χ3v) is 3.89. The molecule has 0 aromatic heterocycles. The number of carbonyl (C=O) groups is 1. The lowest BCUT2D eigenvalue weighted by Crippen LogP contribution is -2.28. The van der Waals surface area contributed by atoms with Crippen LogP contribution in [0.1, 0.15) is 22.0 Å². The predicted molar refractivity (Wildman–Crippen MR) is 96.1 cm³/mol. The molecule has 0 saturated carbocycles. The first-order chi connectivity index (χ1) is 11.4. The second-order valence-corrected chi connectivity index (χ2v) is 5.99. The number of carbonyl (C=O) groups excluding carboxylic acids is 1. The van der Waals surface area contributed by atoms with Gasteiger partial charge in [-0.25, -0.2) is 0 Å². The molecule has 0 spiro atoms. The summed E-state index contributed by atoms with van der Waals surface area (Å²) in [7, 11) is 5.38. The Morgan fingerprint density at radius 1 is 1.25 bits per heavy atom. The molecule has 1 unspecified atom stereocenters. The lowest BCUT2D eigenvalue weighted by Gasteiger charge is -2.16. The molecule has 0 aliphatic heterocycles. The van der Waals surface area contributed by atoms with Gasteiger partial charge in [-0.2, -0.15) is 0 Å². The van der Waals surface area contributed by atoms with Gasteiger partial charge >= 0.3 is 0 Å². The van der Waals surface area contributed by atoms with Gasteiger partial charge in [0.2, 0.25) is 0 Å². The number of aliphatic hydroxyl groups is 1. The minimum atomic E-state index is -0.796. The number of benzene rings is 2. The van der Waals surface area contributed by atoms with Crippen LogP contribution in [0.5, 0.6) is 5.75 Å². The number of hydrogen-bond acceptors (Lipinski definition) is 4. The first-order valence-corrected chi connectivity index (χ1v) is 7.87. The van der Waals surface area contributed by atoms with Gasteiger partial charge in [0.25, 0.3) is 5.91 Å². The highest BCUT2D eigenvalue weighted by Crippen LogP contribution is 2.23. The summed E-state index contributed by atoms with van der Waals surface area (Å²) in [6.45, 7) is 0.0931. The number of ether oxygens (including phenoxy) is 1. The summed E-state index contributed by atoms with van der Waals surface area (Å²) in [5, 5.41) is 13.4. The predicted octanol–water partition coefficient (Wildman–Crippen LogP) is 2.88. The van der Waals surface area contributed by atoms with Gasteiger partial charge in [0.05, 0.1) is 18.8 Å². The van der Waals surface area contributed by atoms with Crippen molar-refractivity contribution >= 4 is 23.2 Å². The van der Waals surface area contributed by atoms with E-state index in [1.165, 1.54) is 13.2 Å². The van der Waals surface area contributed by atoms with Crippen molar-refractivity contribution in [1.82, 2.24) is 5.32 Å². The zero-order chi connectivity index (χ0) is 17.7. The molecule has 0 bridgehead atoms. The molecule has 0 fully saturated rings. The molecule has 0 saturated heterocycles. The highest BCUT2D eigenvalue weighted by Gasteiger charge is 2.15. The highest BCUT2D eigenvalue weighted by molar-refractivity contribution is 6.31. The number of halogens is 1. The van der Waals surface area contributed by atoms with Crippen LogP contribution in [-0.2, 0) is 0 Å². The van der Waals surface area contributed by atoms with E-state index in [9.17, 15) is 9.90 Å². The van der Waals surface area contributed by atoms with Crippen molar-refractivity contribution < 1.29 is 14.6 Å². The highest BCUT2D eigenvalue weighted by atomic mass is 35.5. The van der Waals surface area contributed by atoms with E-state index in [1.807, 2.05) is 43.3 Å². The lowest BCUT2D eigenvalue weighted by atomic mass is 10.1. The standard InChI is InChI=1S/C18H21ClN2O3/c1-21(2)14-7-4-12(5-8-14)16(22)11-20-18(23)15-10-13(19)6-9-17(15)24-3/h4-10,16,22H,11H2,1-3H3,(H,20,23). The quantitative estimate of drug-likeness (QED) is 0.842. The largest absolute Gasteiger partial charge is 0.496 e. The van der Waals surface area contributed by atoms with E-state index in [0.717, 1.165) is 11.3 Å². The van der Waals surface area contributed by atoms with E-state index < -0.39 is 6.10 Å². The Morgan fingerprint density at radius 3 is 2.50 bits per heavy atom. The Labute approximate surface area is 146 Å². The Morgan fingerprint density at radius 2 is 1.92 bits per heavy atom. The fourth-order valence-corrected chi connectivity index (χ4v) is 2.43. The zero-order valence-electron chi connectivity index (χ0n) is 13.9. The first-order valence-electron chi connectivity index (χ1n) is 7.49. The third-order valence-electron chi connectivity index (χ3n) is 3.66. The van der Waals surface area contributed by atoms with E-state index in [1.54, 1.807) is 12.1 Å². The van der Waals surface area contributed by atoms with Crippen LogP contribution >= 0.6 is 11.6 Å². The van der Waals surface area contributed by atoms with Crippen LogP contribution in [0.3, 0.4) is 0 Å². The molecule has 24 heavy (non-hydrogen) atoms. The van der Waals surface area contributed by atoms with Crippen LogP contribution in [0.4, 0.5) is 5.69 Å². The summed E-state index contributed by atoms with van der Waals surface area (Å²) in [4.78, 5) is 14.3. The average Bonchev–Trinajstić information content (AvgIpc) is 2.59. The van der Waals surface area contributed by atoms with E-state index in [2.05, 4.69) is 5.32 Å². The summed E-state index contributed by atoms with van der Waals surface area (Å²) in [6, 6.07) is 12.3. The second kappa shape index (κ2) is 8.04. The van der Waals surface area contributed by atoms with Crippen molar-refractivity contribution in [1.29, 1.82) is 0 Å². The molecule has 2 N–H and O–H groups in total. The molecule has 128 valence electrons. The van der Waals surface area contributed by atoms with Crippen LogP contribution in [0, 0.1) is 0 Å². The number of nitrogens with one attached hydrogen (secondary N) is 1. The van der Waals surface area contributed by atoms with Crippen LogP contribution in [0.15, 0.2) is 42.5 Å². The molecule has 1 amide bonds. The molecule has 0 heterocycles. The summed E-state index contributed by atoms with van der Waals surface area (Å²) in [6.07, 6.45) is -0.796. The zero-order valence-corrected chi connectivity index (χ0v) is 14.7. The molecule has 2 rings (SSSR count). The Balaban J connectivity index is 2.02. The van der Waals surface area contributed by atoms with Crippen LogP contribution in [0.25, 0.3) is 0 Å². The van der Waals surface area contributed by atoms with Gasteiger partial charge in [0.1, 0.15) is 5.75 Å². The van der Waals surface area contributed by atoms with Crippen molar-refractivity contribution in [3.05, 3.63) is 58.6 Å². The van der Waals surface area contributed by atoms with E-state index in [0.29, 0.717) is 16.3 Å². The smallest absolute Gasteiger partial charge is 0.255 e. The van der Waals surface area contributed by atoms with Crippen molar-refractivity contribution in [3.63, 3.8) is 0 Å². The molecule has 5 nitrogen and oxygen atoms in total. The molecule has 6 heteroatoms. The maximum atomic E-state index is 12.3. The van der Waals surface area contributed by atoms with Gasteiger partial charge in [-0.3, -0.25) is 4.79 Å². The van der Waals surface area contributed by atoms with Crippen molar-refractivity contribution in [2.24, 2.45) is 0 Å². The van der Waals surface area contributed by atoms with E-state index >= 15 is 0 Å². The monoisotopic (exact) mass is 348 g/mol. The summed E-state index contributed by atoms with van der Waals surface area (Å²) >= 11 is 5.93. The van der Waals surface area contributed by atoms with Crippen molar-refractivity contribution in [3.8, 4) is 5.75 Å². The third kappa shape index (κ3) is 4.40. The molecule has 2 aromatic rings. The van der Waals surface area contributed by atoms with Crippen molar-refractivity contribution in [2.45, 2.75) is 6.10 Å². The minimum Gasteiger partial charge on any atom is -0.496 e. The summed E-state index contributed by atoms with van der Waals surface area (Å²) in [5.74, 6) is 0.0834. The normalized spacial score (nSPS) is 11.7. The van der Waals surface area contributed by atoms with Gasteiger partial charge in [-0.05, 0) is 35.9 Å². The molecular formula is C18H21ClN2O3. The SMILES string of the molecule is COc1ccc(Cl)cc1C(=O)NCC(O)c1ccc(N(C)C)cc1. The van der Waals surface area contributed by atoms with Crippen molar-refractivity contribution in [2.75, 3.05) is 32.6 Å². The first kappa shape index (κ1) is 18.1. The number of rotatable bonds is 6. The number of hydrogen-bond donors (Lipinski definition) is 2. The molecule has 0 aliphatic rings.